The molecule has 0 saturated heterocycles. The summed E-state index contributed by atoms with van der Waals surface area (Å²) in [5.74, 6) is 2.08. The van der Waals surface area contributed by atoms with Crippen LogP contribution < -0.4 is 14.8 Å². The Labute approximate surface area is 158 Å². The smallest absolute Gasteiger partial charge is 0.225 e. The molecule has 1 N–H and O–H groups in total. The highest BCUT2D eigenvalue weighted by molar-refractivity contribution is 5.80. The van der Waals surface area contributed by atoms with Crippen LogP contribution in [-0.4, -0.2) is 34.7 Å². The molecule has 0 spiro atoms. The zero-order valence-electron chi connectivity index (χ0n) is 16.0. The Balaban J connectivity index is 1.83. The summed E-state index contributed by atoms with van der Waals surface area (Å²) in [4.78, 5) is 12.8. The van der Waals surface area contributed by atoms with Crippen LogP contribution in [0.3, 0.4) is 0 Å². The number of fused-ring (bicyclic) bond motifs is 1. The molecule has 2 heterocycles. The molecule has 0 fully saturated rings. The number of carbonyl (C=O) groups is 1. The quantitative estimate of drug-likeness (QED) is 0.694. The number of hydrogen-bond acceptors (Lipinski definition) is 5. The van der Waals surface area contributed by atoms with Crippen molar-refractivity contribution in [1.82, 2.24) is 19.9 Å². The van der Waals surface area contributed by atoms with Gasteiger partial charge in [-0.15, -0.1) is 10.2 Å². The lowest BCUT2D eigenvalue weighted by Crippen LogP contribution is -2.34. The minimum Gasteiger partial charge on any atom is -0.497 e. The van der Waals surface area contributed by atoms with Crippen LogP contribution in [0.15, 0.2) is 42.6 Å². The fraction of sp³-hybridized carbons (Fsp3) is 0.350. The summed E-state index contributed by atoms with van der Waals surface area (Å²) in [5, 5.41) is 11.6. The number of rotatable bonds is 7. The minimum absolute atomic E-state index is 0.118. The number of hydrogen-bond donors (Lipinski definition) is 1. The van der Waals surface area contributed by atoms with Gasteiger partial charge in [-0.25, -0.2) is 0 Å². The molecule has 1 aromatic carbocycles. The van der Waals surface area contributed by atoms with Gasteiger partial charge in [0.2, 0.25) is 5.91 Å². The lowest BCUT2D eigenvalue weighted by molar-refractivity contribution is -0.121. The number of ether oxygens (including phenoxy) is 2. The molecule has 3 aromatic rings. The first-order chi connectivity index (χ1) is 13.0. The summed E-state index contributed by atoms with van der Waals surface area (Å²) >= 11 is 0. The van der Waals surface area contributed by atoms with Crippen LogP contribution in [0.4, 0.5) is 0 Å². The average molecular weight is 368 g/mol. The molecular formula is C20H24N4O3. The second-order valence-corrected chi connectivity index (χ2v) is 6.63. The Bertz CT molecular complexity index is 936. The van der Waals surface area contributed by atoms with Crippen molar-refractivity contribution in [2.75, 3.05) is 14.2 Å². The van der Waals surface area contributed by atoms with Crippen LogP contribution in [-0.2, 0) is 11.2 Å². The van der Waals surface area contributed by atoms with Crippen molar-refractivity contribution in [1.29, 1.82) is 0 Å². The fourth-order valence-corrected chi connectivity index (χ4v) is 3.02. The molecule has 27 heavy (non-hydrogen) atoms. The van der Waals surface area contributed by atoms with Crippen molar-refractivity contribution >= 4 is 11.6 Å². The molecule has 0 aliphatic rings. The Kier molecular flexibility index (Phi) is 5.59. The first-order valence-electron chi connectivity index (χ1n) is 8.83. The number of carbonyl (C=O) groups excluding carboxylic acids is 1. The summed E-state index contributed by atoms with van der Waals surface area (Å²) in [5.41, 5.74) is 1.52. The maximum atomic E-state index is 12.8. The third kappa shape index (κ3) is 4.02. The molecule has 0 saturated carbocycles. The van der Waals surface area contributed by atoms with Crippen LogP contribution in [0.25, 0.3) is 5.65 Å². The van der Waals surface area contributed by atoms with Gasteiger partial charge in [-0.1, -0.05) is 19.9 Å². The highest BCUT2D eigenvalue weighted by atomic mass is 16.5. The number of aromatic nitrogens is 3. The second kappa shape index (κ2) is 8.07. The highest BCUT2D eigenvalue weighted by Gasteiger charge is 2.24. The Morgan fingerprint density at radius 3 is 2.67 bits per heavy atom. The first kappa shape index (κ1) is 18.7. The van der Waals surface area contributed by atoms with Gasteiger partial charge in [0.25, 0.3) is 0 Å². The standard InChI is InChI=1S/C20H24N4O3/c1-13(2)19(20-23-22-17-7-5-6-10-24(17)20)21-18(25)12-14-11-15(26-3)8-9-16(14)27-4/h5-11,13,19H,12H2,1-4H3,(H,21,25)/t19-/m0/s1. The van der Waals surface area contributed by atoms with E-state index in [1.165, 1.54) is 0 Å². The second-order valence-electron chi connectivity index (χ2n) is 6.63. The molecule has 2 aromatic heterocycles. The van der Waals surface area contributed by atoms with Gasteiger partial charge in [0.1, 0.15) is 11.5 Å². The number of pyridine rings is 1. The van der Waals surface area contributed by atoms with E-state index in [2.05, 4.69) is 15.5 Å². The topological polar surface area (TPSA) is 77.8 Å². The van der Waals surface area contributed by atoms with E-state index in [0.717, 1.165) is 11.2 Å². The van der Waals surface area contributed by atoms with E-state index in [4.69, 9.17) is 9.47 Å². The molecule has 0 bridgehead atoms. The Morgan fingerprint density at radius 1 is 1.15 bits per heavy atom. The van der Waals surface area contributed by atoms with E-state index >= 15 is 0 Å². The number of nitrogens with zero attached hydrogens (tertiary/aromatic N) is 3. The van der Waals surface area contributed by atoms with Gasteiger partial charge < -0.3 is 14.8 Å². The van der Waals surface area contributed by atoms with Crippen molar-refractivity contribution in [3.05, 3.63) is 54.0 Å². The summed E-state index contributed by atoms with van der Waals surface area (Å²) in [6, 6.07) is 10.9. The van der Waals surface area contributed by atoms with Gasteiger partial charge in [0, 0.05) is 11.8 Å². The van der Waals surface area contributed by atoms with Crippen molar-refractivity contribution in [3.8, 4) is 11.5 Å². The molecule has 1 amide bonds. The van der Waals surface area contributed by atoms with Crippen molar-refractivity contribution in [3.63, 3.8) is 0 Å². The molecule has 7 nitrogen and oxygen atoms in total. The predicted molar refractivity (Wildman–Crippen MR) is 102 cm³/mol. The summed E-state index contributed by atoms with van der Waals surface area (Å²) < 4.78 is 12.5. The van der Waals surface area contributed by atoms with Gasteiger partial charge in [-0.3, -0.25) is 9.20 Å². The van der Waals surface area contributed by atoms with Gasteiger partial charge in [0.05, 0.1) is 26.7 Å². The summed E-state index contributed by atoms with van der Waals surface area (Å²) in [6.07, 6.45) is 2.08. The number of amides is 1. The SMILES string of the molecule is COc1ccc(OC)c(CC(=O)N[C@H](c2nnc3ccccn23)C(C)C)c1. The summed E-state index contributed by atoms with van der Waals surface area (Å²) in [6.45, 7) is 4.09. The van der Waals surface area contributed by atoms with Crippen LogP contribution in [0.1, 0.15) is 31.3 Å². The molecule has 0 unspecified atom stereocenters. The van der Waals surface area contributed by atoms with Crippen LogP contribution in [0, 0.1) is 5.92 Å². The Morgan fingerprint density at radius 2 is 1.96 bits per heavy atom. The zero-order valence-corrected chi connectivity index (χ0v) is 16.0. The molecule has 7 heteroatoms. The fourth-order valence-electron chi connectivity index (χ4n) is 3.02. The van der Waals surface area contributed by atoms with Crippen molar-refractivity contribution in [2.24, 2.45) is 5.92 Å². The van der Waals surface area contributed by atoms with E-state index in [9.17, 15) is 4.79 Å². The van der Waals surface area contributed by atoms with E-state index in [1.807, 2.05) is 48.7 Å². The van der Waals surface area contributed by atoms with Gasteiger partial charge >= 0.3 is 0 Å². The van der Waals surface area contributed by atoms with Gasteiger partial charge in [-0.2, -0.15) is 0 Å². The lowest BCUT2D eigenvalue weighted by atomic mass is 10.0. The van der Waals surface area contributed by atoms with E-state index in [-0.39, 0.29) is 24.3 Å². The number of benzene rings is 1. The monoisotopic (exact) mass is 368 g/mol. The van der Waals surface area contributed by atoms with Crippen LogP contribution >= 0.6 is 0 Å². The van der Waals surface area contributed by atoms with Gasteiger partial charge in [-0.05, 0) is 36.2 Å². The summed E-state index contributed by atoms with van der Waals surface area (Å²) in [7, 11) is 3.18. The molecule has 1 atom stereocenters. The largest absolute Gasteiger partial charge is 0.497 e. The molecular weight excluding hydrogens is 344 g/mol. The minimum atomic E-state index is -0.258. The van der Waals surface area contributed by atoms with E-state index in [0.29, 0.717) is 17.3 Å². The van der Waals surface area contributed by atoms with E-state index in [1.54, 1.807) is 26.4 Å². The van der Waals surface area contributed by atoms with Crippen LogP contribution in [0.5, 0.6) is 11.5 Å². The molecule has 3 rings (SSSR count). The molecule has 0 radical (unpaired) electrons. The molecule has 0 aliphatic carbocycles. The van der Waals surface area contributed by atoms with Crippen molar-refractivity contribution in [2.45, 2.75) is 26.3 Å². The third-order valence-electron chi connectivity index (χ3n) is 4.44. The number of methoxy groups -OCH3 is 2. The van der Waals surface area contributed by atoms with Crippen molar-refractivity contribution < 1.29 is 14.3 Å². The predicted octanol–water partition coefficient (Wildman–Crippen LogP) is 2.80. The lowest BCUT2D eigenvalue weighted by Gasteiger charge is -2.21. The first-order valence-corrected chi connectivity index (χ1v) is 8.83. The highest BCUT2D eigenvalue weighted by Crippen LogP contribution is 2.25. The zero-order chi connectivity index (χ0) is 19.4. The molecule has 142 valence electrons. The van der Waals surface area contributed by atoms with E-state index < -0.39 is 0 Å². The van der Waals surface area contributed by atoms with Crippen LogP contribution in [0.2, 0.25) is 0 Å². The maximum absolute atomic E-state index is 12.8. The third-order valence-corrected chi connectivity index (χ3v) is 4.44. The molecule has 0 aliphatic heterocycles. The van der Waals surface area contributed by atoms with Gasteiger partial charge in [0.15, 0.2) is 11.5 Å². The normalized spacial score (nSPS) is 12.2. The Hall–Kier alpha value is -3.09. The maximum Gasteiger partial charge on any atom is 0.225 e. The number of nitrogens with one attached hydrogen (secondary N) is 1. The average Bonchev–Trinajstić information content (AvgIpc) is 3.09.